The van der Waals surface area contributed by atoms with Crippen LogP contribution >= 0.6 is 22.7 Å². The second-order valence-electron chi connectivity index (χ2n) is 31.6. The molecular weight excluding hydrogens is 1520 g/mol. The van der Waals surface area contributed by atoms with Crippen molar-refractivity contribution in [3.63, 3.8) is 0 Å². The lowest BCUT2D eigenvalue weighted by atomic mass is 10.0. The van der Waals surface area contributed by atoms with Gasteiger partial charge >= 0.3 is 0 Å². The molecular formula is C115H89N3O2S2. The minimum absolute atomic E-state index is 0.966. The number of hydrogen-bond acceptors (Lipinski definition) is 4. The van der Waals surface area contributed by atoms with E-state index in [1.54, 1.807) is 0 Å². The van der Waals surface area contributed by atoms with Crippen molar-refractivity contribution in [2.24, 2.45) is 0 Å². The van der Waals surface area contributed by atoms with E-state index in [4.69, 9.17) is 8.83 Å². The highest BCUT2D eigenvalue weighted by Gasteiger charge is 2.17. The molecule has 18 aromatic carbocycles. The average Bonchev–Trinajstić information content (AvgIpc) is 1.56. The molecule has 25 aromatic rings. The van der Waals surface area contributed by atoms with Gasteiger partial charge in [0.2, 0.25) is 0 Å². The standard InChI is InChI=1S/C25H19N.2C19H15N.2C13H10O.2C13H10S/c1-18-12-15-24-23(16-18)22-14-13-20(19-8-4-2-5-9-19)17-25(22)26(24)21-10-6-3-7-11-21;1-14-11-12-19-17(13-14)16-9-5-6-10-18(16)20(19)15-7-3-2-4-8-15;1-14-11-12-17-16-9-5-6-10-18(16)20(19(17)13-14)15-7-3-2-4-8-15;1-9-6-7-13-11(8-9)10-4-2-3-5-12(10)14-13;1-9-6-7-11-10-4-2-3-5-12(10)14-13(11)8-9;1-9-6-7-13-11(8-9)10-4-2-3-5-12(10)14-13;1-9-6-7-11-10-4-2-3-5-12(10)14-13(11)8-9/h2-17H,1H3;2*2-13H,1H3;4*2-8H,1H3. The highest BCUT2D eigenvalue weighted by Crippen LogP contribution is 2.41. The number of furan rings is 2. The van der Waals surface area contributed by atoms with Crippen molar-refractivity contribution >= 4 is 172 Å². The van der Waals surface area contributed by atoms with Crippen LogP contribution in [0.15, 0.2) is 421 Å². The monoisotopic (exact) mass is 1610 g/mol. The molecule has 0 saturated carbocycles. The topological polar surface area (TPSA) is 41.1 Å². The summed E-state index contributed by atoms with van der Waals surface area (Å²) < 4.78 is 24.0. The van der Waals surface area contributed by atoms with E-state index in [9.17, 15) is 0 Å². The van der Waals surface area contributed by atoms with Gasteiger partial charge in [-0.2, -0.15) is 0 Å². The molecule has 0 bridgehead atoms. The summed E-state index contributed by atoms with van der Waals surface area (Å²) in [4.78, 5) is 0. The van der Waals surface area contributed by atoms with Gasteiger partial charge in [-0.3, -0.25) is 0 Å². The molecule has 25 rings (SSSR count). The first-order valence-electron chi connectivity index (χ1n) is 41.7. The zero-order valence-corrected chi connectivity index (χ0v) is 70.9. The van der Waals surface area contributed by atoms with Crippen molar-refractivity contribution < 1.29 is 8.83 Å². The van der Waals surface area contributed by atoms with E-state index in [-0.39, 0.29) is 0 Å². The van der Waals surface area contributed by atoms with Crippen molar-refractivity contribution in [2.75, 3.05) is 0 Å². The zero-order valence-electron chi connectivity index (χ0n) is 69.2. The van der Waals surface area contributed by atoms with E-state index in [1.807, 2.05) is 65.1 Å². The number of benzene rings is 18. The molecule has 0 aliphatic carbocycles. The maximum absolute atomic E-state index is 5.73. The molecule has 7 heterocycles. The van der Waals surface area contributed by atoms with Crippen molar-refractivity contribution in [3.05, 3.63) is 451 Å². The van der Waals surface area contributed by atoms with Gasteiger partial charge in [0, 0.05) is 111 Å². The maximum Gasteiger partial charge on any atom is 0.135 e. The van der Waals surface area contributed by atoms with Crippen LogP contribution in [-0.2, 0) is 0 Å². The van der Waals surface area contributed by atoms with Gasteiger partial charge in [0.15, 0.2) is 0 Å². The second-order valence-corrected chi connectivity index (χ2v) is 33.8. The Kier molecular flexibility index (Phi) is 21.6. The predicted molar refractivity (Wildman–Crippen MR) is 527 cm³/mol. The zero-order chi connectivity index (χ0) is 82.7. The molecule has 7 aromatic heterocycles. The van der Waals surface area contributed by atoms with Crippen LogP contribution in [0.4, 0.5) is 0 Å². The normalized spacial score (nSPS) is 11.2. The molecule has 588 valence electrons. The molecule has 0 aliphatic rings. The number of nitrogens with zero attached hydrogens (tertiary/aromatic N) is 3. The van der Waals surface area contributed by atoms with Crippen LogP contribution in [0, 0.1) is 48.5 Å². The number of thiophene rings is 2. The van der Waals surface area contributed by atoms with Crippen LogP contribution in [0.25, 0.3) is 178 Å². The second kappa shape index (κ2) is 34.0. The molecule has 0 unspecified atom stereocenters. The van der Waals surface area contributed by atoms with Crippen LogP contribution in [0.5, 0.6) is 0 Å². The Morgan fingerprint density at radius 2 is 0.475 bits per heavy atom. The first kappa shape index (κ1) is 77.3. The number of rotatable bonds is 4. The van der Waals surface area contributed by atoms with Crippen LogP contribution in [0.3, 0.4) is 0 Å². The van der Waals surface area contributed by atoms with Crippen molar-refractivity contribution in [3.8, 4) is 28.2 Å². The number of hydrogen-bond donors (Lipinski definition) is 0. The summed E-state index contributed by atoms with van der Waals surface area (Å²) >= 11 is 3.75. The Bertz CT molecular complexity index is 7850. The van der Waals surface area contributed by atoms with E-state index >= 15 is 0 Å². The van der Waals surface area contributed by atoms with Crippen LogP contribution in [0.2, 0.25) is 0 Å². The Morgan fingerprint density at radius 3 is 1.05 bits per heavy atom. The third-order valence-electron chi connectivity index (χ3n) is 22.9. The Balaban J connectivity index is 0.0000000949. The first-order valence-corrected chi connectivity index (χ1v) is 43.3. The Labute approximate surface area is 717 Å². The highest BCUT2D eigenvalue weighted by molar-refractivity contribution is 7.26. The third-order valence-corrected chi connectivity index (χ3v) is 25.1. The predicted octanol–water partition coefficient (Wildman–Crippen LogP) is 33.5. The van der Waals surface area contributed by atoms with Gasteiger partial charge in [-0.15, -0.1) is 22.7 Å². The van der Waals surface area contributed by atoms with Gasteiger partial charge in [-0.05, 0) is 222 Å². The molecule has 0 aliphatic heterocycles. The number of aryl methyl sites for hydroxylation is 7. The number of para-hydroxylation sites is 7. The van der Waals surface area contributed by atoms with Crippen molar-refractivity contribution in [1.29, 1.82) is 0 Å². The fourth-order valence-corrected chi connectivity index (χ4v) is 19.3. The van der Waals surface area contributed by atoms with Gasteiger partial charge in [0.25, 0.3) is 0 Å². The van der Waals surface area contributed by atoms with E-state index < -0.39 is 0 Å². The van der Waals surface area contributed by atoms with Crippen LogP contribution in [-0.4, -0.2) is 13.7 Å². The quantitative estimate of drug-likeness (QED) is 0.176. The van der Waals surface area contributed by atoms with Gasteiger partial charge in [0.05, 0.1) is 33.1 Å². The summed E-state index contributed by atoms with van der Waals surface area (Å²) in [7, 11) is 0. The average molecular weight is 1610 g/mol. The molecule has 0 N–H and O–H groups in total. The minimum Gasteiger partial charge on any atom is -0.456 e. The fourth-order valence-electron chi connectivity index (χ4n) is 17.0. The summed E-state index contributed by atoms with van der Waals surface area (Å²) in [6, 6.07) is 146. The molecule has 7 heteroatoms. The lowest BCUT2D eigenvalue weighted by Crippen LogP contribution is -1.93. The molecule has 122 heavy (non-hydrogen) atoms. The SMILES string of the molecule is Cc1ccc2c(c1)c1ccc(-c3ccccc3)cc1n2-c1ccccc1.Cc1ccc2c(c1)c1ccccc1n2-c1ccccc1.Cc1ccc2c(c1)oc1ccccc12.Cc1ccc2c(c1)sc1ccccc12.Cc1ccc2c3ccccc3n(-c3ccccc3)c2c1.Cc1ccc2oc3ccccc3c2c1.Cc1ccc2sc3ccccc3c2c1. The van der Waals surface area contributed by atoms with E-state index in [0.29, 0.717) is 0 Å². The molecule has 0 spiro atoms. The van der Waals surface area contributed by atoms with Crippen LogP contribution in [0.1, 0.15) is 38.9 Å². The number of fused-ring (bicyclic) bond motifs is 21. The summed E-state index contributed by atoms with van der Waals surface area (Å²) in [5.74, 6) is 0. The molecule has 5 nitrogen and oxygen atoms in total. The molecule has 0 radical (unpaired) electrons. The number of aromatic nitrogens is 3. The Morgan fingerprint density at radius 1 is 0.164 bits per heavy atom. The van der Waals surface area contributed by atoms with Gasteiger partial charge in [-0.25, -0.2) is 0 Å². The smallest absolute Gasteiger partial charge is 0.135 e. The van der Waals surface area contributed by atoms with E-state index in [1.165, 1.54) is 194 Å². The van der Waals surface area contributed by atoms with Crippen molar-refractivity contribution in [2.45, 2.75) is 48.5 Å². The minimum atomic E-state index is 0.966. The molecule has 0 atom stereocenters. The Hall–Kier alpha value is -14.6. The van der Waals surface area contributed by atoms with Crippen LogP contribution < -0.4 is 0 Å². The van der Waals surface area contributed by atoms with Gasteiger partial charge < -0.3 is 22.5 Å². The van der Waals surface area contributed by atoms with Crippen molar-refractivity contribution in [1.82, 2.24) is 13.7 Å². The molecule has 0 fully saturated rings. The lowest BCUT2D eigenvalue weighted by molar-refractivity contribution is 0.668. The molecule has 0 saturated heterocycles. The summed E-state index contributed by atoms with van der Waals surface area (Å²) in [6.07, 6.45) is 0. The summed E-state index contributed by atoms with van der Waals surface area (Å²) in [6.45, 7) is 14.9. The molecule has 0 amide bonds. The van der Waals surface area contributed by atoms with E-state index in [0.717, 1.165) is 22.3 Å². The van der Waals surface area contributed by atoms with Gasteiger partial charge in [-0.1, -0.05) is 289 Å². The van der Waals surface area contributed by atoms with Gasteiger partial charge in [0.1, 0.15) is 22.3 Å². The third kappa shape index (κ3) is 15.6. The fraction of sp³-hybridized carbons (Fsp3) is 0.0609. The summed E-state index contributed by atoms with van der Waals surface area (Å²) in [5.41, 5.74) is 26.6. The maximum atomic E-state index is 5.73. The summed E-state index contributed by atoms with van der Waals surface area (Å²) in [5, 5.41) is 18.2. The first-order chi connectivity index (χ1) is 59.9. The largest absolute Gasteiger partial charge is 0.456 e. The lowest BCUT2D eigenvalue weighted by Gasteiger charge is -2.09. The highest BCUT2D eigenvalue weighted by atomic mass is 32.1. The van der Waals surface area contributed by atoms with E-state index in [2.05, 4.69) is 432 Å².